The predicted molar refractivity (Wildman–Crippen MR) is 65.5 cm³/mol. The third-order valence-corrected chi connectivity index (χ3v) is 3.30. The van der Waals surface area contributed by atoms with Crippen LogP contribution in [0.1, 0.15) is 30.9 Å². The SMILES string of the molecule is CCc1cccc2c(CNC3CC3)coc12. The number of furan rings is 1. The lowest BCUT2D eigenvalue weighted by Gasteiger charge is -2.01. The van der Waals surface area contributed by atoms with Crippen LogP contribution < -0.4 is 5.32 Å². The van der Waals surface area contributed by atoms with Gasteiger partial charge in [-0.1, -0.05) is 25.1 Å². The van der Waals surface area contributed by atoms with E-state index in [1.54, 1.807) is 0 Å². The second kappa shape index (κ2) is 3.95. The number of hydrogen-bond acceptors (Lipinski definition) is 2. The van der Waals surface area contributed by atoms with Gasteiger partial charge in [0.15, 0.2) is 0 Å². The van der Waals surface area contributed by atoms with Crippen LogP contribution in [0.2, 0.25) is 0 Å². The van der Waals surface area contributed by atoms with Gasteiger partial charge in [0.25, 0.3) is 0 Å². The molecule has 16 heavy (non-hydrogen) atoms. The maximum absolute atomic E-state index is 5.68. The zero-order valence-electron chi connectivity index (χ0n) is 9.62. The fourth-order valence-corrected chi connectivity index (χ4v) is 2.13. The van der Waals surface area contributed by atoms with E-state index in [0.717, 1.165) is 24.6 Å². The molecule has 1 fully saturated rings. The topological polar surface area (TPSA) is 25.2 Å². The summed E-state index contributed by atoms with van der Waals surface area (Å²) in [6, 6.07) is 7.17. The fraction of sp³-hybridized carbons (Fsp3) is 0.429. The van der Waals surface area contributed by atoms with Crippen LogP contribution in [-0.2, 0) is 13.0 Å². The second-order valence-electron chi connectivity index (χ2n) is 4.56. The van der Waals surface area contributed by atoms with Gasteiger partial charge in [-0.15, -0.1) is 0 Å². The molecule has 1 heterocycles. The molecule has 2 aromatic rings. The minimum atomic E-state index is 0.749. The summed E-state index contributed by atoms with van der Waals surface area (Å²) < 4.78 is 5.68. The summed E-state index contributed by atoms with van der Waals surface area (Å²) >= 11 is 0. The first-order valence-electron chi connectivity index (χ1n) is 6.10. The molecule has 1 N–H and O–H groups in total. The standard InChI is InChI=1S/C14H17NO/c1-2-10-4-3-5-13-11(9-16-14(10)13)8-15-12-6-7-12/h3-5,9,12,15H,2,6-8H2,1H3. The molecular formula is C14H17NO. The quantitative estimate of drug-likeness (QED) is 0.847. The molecule has 0 spiro atoms. The van der Waals surface area contributed by atoms with Crippen LogP contribution in [0, 0.1) is 0 Å². The Labute approximate surface area is 95.6 Å². The van der Waals surface area contributed by atoms with Gasteiger partial charge in [-0.2, -0.15) is 0 Å². The molecule has 0 aliphatic heterocycles. The molecule has 0 saturated heterocycles. The Balaban J connectivity index is 1.92. The Morgan fingerprint density at radius 3 is 2.94 bits per heavy atom. The van der Waals surface area contributed by atoms with E-state index in [2.05, 4.69) is 30.4 Å². The smallest absolute Gasteiger partial charge is 0.137 e. The number of rotatable bonds is 4. The van der Waals surface area contributed by atoms with Crippen molar-refractivity contribution in [2.75, 3.05) is 0 Å². The molecular weight excluding hydrogens is 198 g/mol. The number of para-hydroxylation sites is 1. The summed E-state index contributed by atoms with van der Waals surface area (Å²) in [4.78, 5) is 0. The van der Waals surface area contributed by atoms with Crippen molar-refractivity contribution in [1.29, 1.82) is 0 Å². The van der Waals surface area contributed by atoms with Crippen molar-refractivity contribution in [2.45, 2.75) is 38.8 Å². The van der Waals surface area contributed by atoms with Crippen molar-refractivity contribution in [1.82, 2.24) is 5.32 Å². The van der Waals surface area contributed by atoms with Gasteiger partial charge in [0.05, 0.1) is 6.26 Å². The Bertz CT molecular complexity index is 496. The van der Waals surface area contributed by atoms with Crippen molar-refractivity contribution in [3.8, 4) is 0 Å². The molecule has 2 nitrogen and oxygen atoms in total. The van der Waals surface area contributed by atoms with Gasteiger partial charge >= 0.3 is 0 Å². The van der Waals surface area contributed by atoms with Gasteiger partial charge in [0, 0.05) is 23.5 Å². The van der Waals surface area contributed by atoms with Crippen LogP contribution in [0.25, 0.3) is 11.0 Å². The average molecular weight is 215 g/mol. The fourth-order valence-electron chi connectivity index (χ4n) is 2.13. The minimum Gasteiger partial charge on any atom is -0.464 e. The lowest BCUT2D eigenvalue weighted by Crippen LogP contribution is -2.14. The first kappa shape index (κ1) is 9.91. The van der Waals surface area contributed by atoms with E-state index in [9.17, 15) is 0 Å². The average Bonchev–Trinajstić information content (AvgIpc) is 3.06. The van der Waals surface area contributed by atoms with Gasteiger partial charge in [-0.05, 0) is 24.8 Å². The summed E-state index contributed by atoms with van der Waals surface area (Å²) in [7, 11) is 0. The van der Waals surface area contributed by atoms with Crippen molar-refractivity contribution >= 4 is 11.0 Å². The van der Waals surface area contributed by atoms with Gasteiger partial charge in [0.2, 0.25) is 0 Å². The van der Waals surface area contributed by atoms with Gasteiger partial charge in [-0.3, -0.25) is 0 Å². The van der Waals surface area contributed by atoms with Crippen LogP contribution in [0.5, 0.6) is 0 Å². The highest BCUT2D eigenvalue weighted by atomic mass is 16.3. The number of aryl methyl sites for hydroxylation is 1. The predicted octanol–water partition coefficient (Wildman–Crippen LogP) is 3.25. The van der Waals surface area contributed by atoms with Crippen molar-refractivity contribution < 1.29 is 4.42 Å². The van der Waals surface area contributed by atoms with Crippen LogP contribution in [0.4, 0.5) is 0 Å². The van der Waals surface area contributed by atoms with Crippen LogP contribution >= 0.6 is 0 Å². The molecule has 1 aromatic heterocycles. The molecule has 1 saturated carbocycles. The number of nitrogens with one attached hydrogen (secondary N) is 1. The third kappa shape index (κ3) is 1.74. The minimum absolute atomic E-state index is 0.749. The van der Waals surface area contributed by atoms with E-state index in [0.29, 0.717) is 0 Å². The van der Waals surface area contributed by atoms with Gasteiger partial charge in [0.1, 0.15) is 5.58 Å². The molecule has 0 amide bonds. The summed E-state index contributed by atoms with van der Waals surface area (Å²) in [6.07, 6.45) is 5.59. The lowest BCUT2D eigenvalue weighted by atomic mass is 10.1. The van der Waals surface area contributed by atoms with Gasteiger partial charge < -0.3 is 9.73 Å². The van der Waals surface area contributed by atoms with E-state index in [1.165, 1.54) is 29.4 Å². The highest BCUT2D eigenvalue weighted by molar-refractivity contribution is 5.83. The monoisotopic (exact) mass is 215 g/mol. The molecule has 0 radical (unpaired) electrons. The number of benzene rings is 1. The first-order chi connectivity index (χ1) is 7.88. The van der Waals surface area contributed by atoms with Gasteiger partial charge in [-0.25, -0.2) is 0 Å². The zero-order valence-corrected chi connectivity index (χ0v) is 9.62. The maximum atomic E-state index is 5.68. The molecule has 1 aromatic carbocycles. The maximum Gasteiger partial charge on any atom is 0.137 e. The Hall–Kier alpha value is -1.28. The normalized spacial score (nSPS) is 15.8. The first-order valence-corrected chi connectivity index (χ1v) is 6.10. The molecule has 1 aliphatic carbocycles. The number of fused-ring (bicyclic) bond motifs is 1. The molecule has 0 atom stereocenters. The molecule has 3 rings (SSSR count). The summed E-state index contributed by atoms with van der Waals surface area (Å²) in [5, 5.41) is 4.80. The van der Waals surface area contributed by atoms with E-state index >= 15 is 0 Å². The Kier molecular flexibility index (Phi) is 2.44. The van der Waals surface area contributed by atoms with Crippen LogP contribution in [-0.4, -0.2) is 6.04 Å². The molecule has 0 bridgehead atoms. The molecule has 0 unspecified atom stereocenters. The summed E-state index contributed by atoms with van der Waals surface area (Å²) in [6.45, 7) is 3.10. The van der Waals surface area contributed by atoms with Crippen molar-refractivity contribution in [2.24, 2.45) is 0 Å². The molecule has 84 valence electrons. The highest BCUT2D eigenvalue weighted by Gasteiger charge is 2.20. The largest absolute Gasteiger partial charge is 0.464 e. The van der Waals surface area contributed by atoms with Crippen LogP contribution in [0.3, 0.4) is 0 Å². The van der Waals surface area contributed by atoms with E-state index in [1.807, 2.05) is 6.26 Å². The van der Waals surface area contributed by atoms with Crippen molar-refractivity contribution in [3.05, 3.63) is 35.6 Å². The second-order valence-corrected chi connectivity index (χ2v) is 4.56. The summed E-state index contributed by atoms with van der Waals surface area (Å²) in [5.74, 6) is 0. The van der Waals surface area contributed by atoms with Crippen molar-refractivity contribution in [3.63, 3.8) is 0 Å². The van der Waals surface area contributed by atoms with Crippen LogP contribution in [0.15, 0.2) is 28.9 Å². The molecule has 2 heteroatoms. The summed E-state index contributed by atoms with van der Waals surface area (Å²) in [5.41, 5.74) is 3.66. The highest BCUT2D eigenvalue weighted by Crippen LogP contribution is 2.26. The Morgan fingerprint density at radius 2 is 2.19 bits per heavy atom. The zero-order chi connectivity index (χ0) is 11.0. The van der Waals surface area contributed by atoms with E-state index < -0.39 is 0 Å². The van der Waals surface area contributed by atoms with E-state index in [-0.39, 0.29) is 0 Å². The Morgan fingerprint density at radius 1 is 1.31 bits per heavy atom. The number of hydrogen-bond donors (Lipinski definition) is 1. The molecule has 1 aliphatic rings. The third-order valence-electron chi connectivity index (χ3n) is 3.30. The van der Waals surface area contributed by atoms with E-state index in [4.69, 9.17) is 4.42 Å². The lowest BCUT2D eigenvalue weighted by molar-refractivity contribution is 0.598.